The minimum atomic E-state index is 0.712. The number of aromatic nitrogens is 4. The zero-order valence-corrected chi connectivity index (χ0v) is 24.4. The Kier molecular flexibility index (Phi) is 10.1. The SMILES string of the molecule is C=C/C=C(/C1=CCC=C1)c1nc(-c2n[nH]c(=C)\c2=C/C(=C\C)C(/C=C(\C=C)CCCN2CCCC2)=C/C)[nH]c1C. The number of nitrogens with zero attached hydrogens (tertiary/aromatic N) is 3. The number of allylic oxidation sites excluding steroid dienone is 14. The van der Waals surface area contributed by atoms with Crippen LogP contribution in [0.3, 0.4) is 0 Å². The number of H-pyrrole nitrogens is 2. The molecule has 0 atom stereocenters. The van der Waals surface area contributed by atoms with Crippen LogP contribution in [0.2, 0.25) is 0 Å². The van der Waals surface area contributed by atoms with Crippen molar-refractivity contribution in [2.45, 2.75) is 52.9 Å². The molecule has 1 fully saturated rings. The maximum atomic E-state index is 5.00. The summed E-state index contributed by atoms with van der Waals surface area (Å²) in [4.78, 5) is 11.0. The van der Waals surface area contributed by atoms with Crippen molar-refractivity contribution in [2.75, 3.05) is 19.6 Å². The van der Waals surface area contributed by atoms with Gasteiger partial charge < -0.3 is 9.88 Å². The van der Waals surface area contributed by atoms with E-state index < -0.39 is 0 Å². The van der Waals surface area contributed by atoms with Crippen LogP contribution in [0.1, 0.15) is 57.3 Å². The Morgan fingerprint density at radius 1 is 1.12 bits per heavy atom. The average molecular weight is 534 g/mol. The molecule has 2 aliphatic rings. The Balaban J connectivity index is 1.64. The molecule has 0 spiro atoms. The highest BCUT2D eigenvalue weighted by atomic mass is 15.1. The summed E-state index contributed by atoms with van der Waals surface area (Å²) in [5.74, 6) is 0.712. The Labute approximate surface area is 239 Å². The standard InChI is InChI=1S/C35H43N5/c1-7-16-31(30-18-11-12-19-30)33-26(6)36-35(37-33)34-32(25(5)38-39-34)24-29(10-4)28(9-3)23-27(8-2)17-15-22-40-20-13-14-21-40/h7-11,16,18-19,23-24,38H,1-2,5,12-15,17,20-22H2,3-4,6H3,(H,36,37)/b27-23+,28-9+,29-10+,31-16-,32-24+. The van der Waals surface area contributed by atoms with Crippen molar-refractivity contribution in [3.8, 4) is 11.5 Å². The van der Waals surface area contributed by atoms with Gasteiger partial charge in [0.15, 0.2) is 5.82 Å². The van der Waals surface area contributed by atoms with Crippen LogP contribution in [0.25, 0.3) is 29.7 Å². The Morgan fingerprint density at radius 3 is 2.55 bits per heavy atom. The van der Waals surface area contributed by atoms with Crippen molar-refractivity contribution >= 4 is 18.2 Å². The van der Waals surface area contributed by atoms with Gasteiger partial charge in [-0.2, -0.15) is 5.10 Å². The lowest BCUT2D eigenvalue weighted by Gasteiger charge is -2.14. The van der Waals surface area contributed by atoms with Gasteiger partial charge in [-0.1, -0.05) is 74.4 Å². The molecule has 2 N–H and O–H groups in total. The lowest BCUT2D eigenvalue weighted by atomic mass is 9.99. The number of aromatic amines is 2. The molecule has 5 nitrogen and oxygen atoms in total. The minimum Gasteiger partial charge on any atom is -0.340 e. The van der Waals surface area contributed by atoms with Crippen LogP contribution in [0.5, 0.6) is 0 Å². The van der Waals surface area contributed by atoms with E-state index in [1.165, 1.54) is 31.5 Å². The number of hydrogen-bond acceptors (Lipinski definition) is 3. The third-order valence-electron chi connectivity index (χ3n) is 7.61. The van der Waals surface area contributed by atoms with Crippen LogP contribution in [-0.2, 0) is 0 Å². The lowest BCUT2D eigenvalue weighted by molar-refractivity contribution is 0.334. The van der Waals surface area contributed by atoms with Crippen molar-refractivity contribution in [3.63, 3.8) is 0 Å². The molecule has 0 bridgehead atoms. The number of nitrogens with one attached hydrogen (secondary N) is 2. The highest BCUT2D eigenvalue weighted by Crippen LogP contribution is 2.30. The summed E-state index contributed by atoms with van der Waals surface area (Å²) in [6.45, 7) is 22.1. The second kappa shape index (κ2) is 13.9. The van der Waals surface area contributed by atoms with E-state index in [9.17, 15) is 0 Å². The fourth-order valence-electron chi connectivity index (χ4n) is 5.41. The first-order chi connectivity index (χ1) is 19.5. The fourth-order valence-corrected chi connectivity index (χ4v) is 5.41. The molecule has 1 saturated heterocycles. The topological polar surface area (TPSA) is 60.6 Å². The Morgan fingerprint density at radius 2 is 1.90 bits per heavy atom. The van der Waals surface area contributed by atoms with Crippen molar-refractivity contribution in [1.29, 1.82) is 0 Å². The highest BCUT2D eigenvalue weighted by Gasteiger charge is 2.18. The maximum absolute atomic E-state index is 5.00. The smallest absolute Gasteiger partial charge is 0.159 e. The van der Waals surface area contributed by atoms with Crippen LogP contribution >= 0.6 is 0 Å². The molecule has 1 aliphatic carbocycles. The third kappa shape index (κ3) is 6.78. The van der Waals surface area contributed by atoms with Gasteiger partial charge in [-0.15, -0.1) is 0 Å². The first-order valence-electron chi connectivity index (χ1n) is 14.4. The Bertz CT molecular complexity index is 1520. The molecule has 0 radical (unpaired) electrons. The predicted octanol–water partition coefficient (Wildman–Crippen LogP) is 6.64. The minimum absolute atomic E-state index is 0.712. The van der Waals surface area contributed by atoms with E-state index in [1.807, 2.05) is 25.2 Å². The first-order valence-corrected chi connectivity index (χ1v) is 14.4. The largest absolute Gasteiger partial charge is 0.340 e. The van der Waals surface area contributed by atoms with Crippen LogP contribution in [0.15, 0.2) is 90.1 Å². The van der Waals surface area contributed by atoms with E-state index >= 15 is 0 Å². The van der Waals surface area contributed by atoms with Gasteiger partial charge in [-0.05, 0) is 101 Å². The number of aryl methyl sites for hydroxylation is 1. The monoisotopic (exact) mass is 533 g/mol. The molecule has 208 valence electrons. The molecule has 2 aromatic rings. The van der Waals surface area contributed by atoms with Gasteiger partial charge in [0, 0.05) is 16.5 Å². The summed E-state index contributed by atoms with van der Waals surface area (Å²) in [6, 6.07) is 0. The number of rotatable bonds is 12. The summed E-state index contributed by atoms with van der Waals surface area (Å²) >= 11 is 0. The first kappa shape index (κ1) is 29.0. The van der Waals surface area contributed by atoms with Crippen LogP contribution < -0.4 is 10.6 Å². The van der Waals surface area contributed by atoms with Gasteiger partial charge in [0.25, 0.3) is 0 Å². The maximum Gasteiger partial charge on any atom is 0.159 e. The van der Waals surface area contributed by atoms with E-state index in [0.29, 0.717) is 5.82 Å². The van der Waals surface area contributed by atoms with Crippen LogP contribution in [0.4, 0.5) is 0 Å². The van der Waals surface area contributed by atoms with Crippen LogP contribution in [-0.4, -0.2) is 44.7 Å². The summed E-state index contributed by atoms with van der Waals surface area (Å²) < 4.78 is 0. The molecule has 4 rings (SSSR count). The van der Waals surface area contributed by atoms with E-state index in [0.717, 1.165) is 75.7 Å². The molecule has 3 heterocycles. The molecule has 0 saturated carbocycles. The van der Waals surface area contributed by atoms with Gasteiger partial charge >= 0.3 is 0 Å². The molecular weight excluding hydrogens is 490 g/mol. The van der Waals surface area contributed by atoms with E-state index in [2.05, 4.69) is 96.2 Å². The summed E-state index contributed by atoms with van der Waals surface area (Å²) in [7, 11) is 0. The van der Waals surface area contributed by atoms with E-state index in [-0.39, 0.29) is 0 Å². The molecule has 0 unspecified atom stereocenters. The van der Waals surface area contributed by atoms with E-state index in [4.69, 9.17) is 4.98 Å². The lowest BCUT2D eigenvalue weighted by Crippen LogP contribution is -2.22. The fraction of sp³-hybridized carbons (Fsp3) is 0.314. The molecule has 1 aliphatic heterocycles. The molecule has 2 aromatic heterocycles. The Hall–Kier alpha value is -3.96. The second-order valence-electron chi connectivity index (χ2n) is 10.3. The predicted molar refractivity (Wildman–Crippen MR) is 171 cm³/mol. The number of hydrogen-bond donors (Lipinski definition) is 2. The third-order valence-corrected chi connectivity index (χ3v) is 7.61. The molecule has 0 amide bonds. The average Bonchev–Trinajstić information content (AvgIpc) is 3.78. The number of likely N-dealkylation sites (tertiary alicyclic amines) is 1. The molecule has 40 heavy (non-hydrogen) atoms. The second-order valence-corrected chi connectivity index (χ2v) is 10.3. The molecule has 0 aromatic carbocycles. The molecule has 5 heteroatoms. The van der Waals surface area contributed by atoms with Gasteiger partial charge in [-0.25, -0.2) is 4.98 Å². The zero-order chi connectivity index (χ0) is 28.5. The molecular formula is C35H43N5. The van der Waals surface area contributed by atoms with Crippen molar-refractivity contribution in [1.82, 2.24) is 25.1 Å². The van der Waals surface area contributed by atoms with Crippen LogP contribution in [0, 0.1) is 6.92 Å². The van der Waals surface area contributed by atoms with E-state index in [1.54, 1.807) is 0 Å². The summed E-state index contributed by atoms with van der Waals surface area (Å²) in [5.41, 5.74) is 8.36. The van der Waals surface area contributed by atoms with Gasteiger partial charge in [-0.3, -0.25) is 5.10 Å². The van der Waals surface area contributed by atoms with Gasteiger partial charge in [0.2, 0.25) is 0 Å². The quantitative estimate of drug-likeness (QED) is 0.301. The highest BCUT2D eigenvalue weighted by molar-refractivity contribution is 5.83. The summed E-state index contributed by atoms with van der Waals surface area (Å²) in [5, 5.41) is 9.36. The van der Waals surface area contributed by atoms with Crippen molar-refractivity contribution in [3.05, 3.63) is 112 Å². The van der Waals surface area contributed by atoms with Gasteiger partial charge in [0.05, 0.1) is 11.0 Å². The number of imidazole rings is 1. The van der Waals surface area contributed by atoms with Crippen molar-refractivity contribution in [2.24, 2.45) is 0 Å². The normalized spacial score (nSPS) is 17.7. The van der Waals surface area contributed by atoms with Gasteiger partial charge in [0.1, 0.15) is 5.69 Å². The zero-order valence-electron chi connectivity index (χ0n) is 24.4. The van der Waals surface area contributed by atoms with Crippen molar-refractivity contribution < 1.29 is 0 Å². The summed E-state index contributed by atoms with van der Waals surface area (Å²) in [6.07, 6.45) is 26.8.